The molecule has 0 fully saturated rings. The van der Waals surface area contributed by atoms with Gasteiger partial charge in [-0.05, 0) is 12.1 Å². The van der Waals surface area contributed by atoms with Crippen LogP contribution in [0.1, 0.15) is 5.56 Å². The molecule has 0 unspecified atom stereocenters. The van der Waals surface area contributed by atoms with Gasteiger partial charge < -0.3 is 0 Å². The minimum Gasteiger partial charge on any atom is -0.277 e. The molecule has 2 rings (SSSR count). The summed E-state index contributed by atoms with van der Waals surface area (Å²) in [6.07, 6.45) is 1.08. The summed E-state index contributed by atoms with van der Waals surface area (Å²) in [6.45, 7) is 0. The van der Waals surface area contributed by atoms with Gasteiger partial charge >= 0.3 is 0 Å². The van der Waals surface area contributed by atoms with Crippen molar-refractivity contribution in [2.24, 2.45) is 0 Å². The average Bonchev–Trinajstić information content (AvgIpc) is 2.76. The molecule has 9 heteroatoms. The molecule has 0 saturated heterocycles. The van der Waals surface area contributed by atoms with Crippen molar-refractivity contribution < 1.29 is 12.8 Å². The first-order valence-corrected chi connectivity index (χ1v) is 7.44. The van der Waals surface area contributed by atoms with Gasteiger partial charge in [-0.2, -0.15) is 5.26 Å². The van der Waals surface area contributed by atoms with Crippen LogP contribution in [0.15, 0.2) is 28.6 Å². The summed E-state index contributed by atoms with van der Waals surface area (Å²) in [5.74, 6) is -0.801. The van der Waals surface area contributed by atoms with E-state index in [1.807, 2.05) is 0 Å². The maximum Gasteiger partial charge on any atom is 0.273 e. The Labute approximate surface area is 117 Å². The number of hydrogen-bond donors (Lipinski definition) is 1. The molecule has 2 aromatic rings. The molecule has 1 aromatic heterocycles. The van der Waals surface area contributed by atoms with Gasteiger partial charge in [-0.15, -0.1) is 0 Å². The molecular weight excluding hydrogens is 313 g/mol. The zero-order valence-corrected chi connectivity index (χ0v) is 11.5. The number of anilines is 1. The molecule has 0 aliphatic rings. The number of rotatable bonds is 3. The number of thiazole rings is 1. The van der Waals surface area contributed by atoms with Crippen LogP contribution in [0.3, 0.4) is 0 Å². The van der Waals surface area contributed by atoms with E-state index in [1.54, 1.807) is 6.07 Å². The molecular formula is C10H5ClFN3O2S2. The summed E-state index contributed by atoms with van der Waals surface area (Å²) >= 11 is 6.31. The van der Waals surface area contributed by atoms with E-state index in [-0.39, 0.29) is 19.9 Å². The largest absolute Gasteiger partial charge is 0.277 e. The van der Waals surface area contributed by atoms with Crippen LogP contribution in [0.5, 0.6) is 0 Å². The van der Waals surface area contributed by atoms with Gasteiger partial charge in [-0.25, -0.2) is 17.8 Å². The summed E-state index contributed by atoms with van der Waals surface area (Å²) in [7, 11) is -3.94. The number of aromatic nitrogens is 1. The second kappa shape index (κ2) is 5.13. The van der Waals surface area contributed by atoms with E-state index < -0.39 is 15.8 Å². The predicted octanol–water partition coefficient (Wildman–Crippen LogP) is 2.61. The Morgan fingerprint density at radius 3 is 2.79 bits per heavy atom. The van der Waals surface area contributed by atoms with Crippen molar-refractivity contribution in [2.75, 3.05) is 4.72 Å². The molecule has 1 N–H and O–H groups in total. The zero-order valence-electron chi connectivity index (χ0n) is 9.09. The van der Waals surface area contributed by atoms with E-state index in [9.17, 15) is 12.8 Å². The molecule has 0 radical (unpaired) electrons. The van der Waals surface area contributed by atoms with Gasteiger partial charge in [-0.1, -0.05) is 29.0 Å². The van der Waals surface area contributed by atoms with Gasteiger partial charge in [-0.3, -0.25) is 4.72 Å². The number of benzene rings is 1. The van der Waals surface area contributed by atoms with E-state index in [0.717, 1.165) is 23.6 Å². The van der Waals surface area contributed by atoms with E-state index in [1.165, 1.54) is 12.1 Å². The molecule has 1 aromatic carbocycles. The smallest absolute Gasteiger partial charge is 0.273 e. The van der Waals surface area contributed by atoms with Gasteiger partial charge in [0.05, 0.1) is 11.9 Å². The van der Waals surface area contributed by atoms with Crippen LogP contribution in [0.2, 0.25) is 4.47 Å². The van der Waals surface area contributed by atoms with Crippen LogP contribution in [0, 0.1) is 17.1 Å². The average molecular weight is 318 g/mol. The number of hydrogen-bond acceptors (Lipinski definition) is 5. The number of nitrogens with zero attached hydrogens (tertiary/aromatic N) is 2. The van der Waals surface area contributed by atoms with E-state index in [2.05, 4.69) is 9.71 Å². The molecule has 0 saturated carbocycles. The Balaban J connectivity index is 2.42. The van der Waals surface area contributed by atoms with E-state index in [4.69, 9.17) is 16.9 Å². The van der Waals surface area contributed by atoms with Crippen molar-refractivity contribution in [1.29, 1.82) is 5.26 Å². The second-order valence-corrected chi connectivity index (χ2v) is 6.83. The third-order valence-corrected chi connectivity index (χ3v) is 5.03. The predicted molar refractivity (Wildman–Crippen MR) is 69.0 cm³/mol. The molecule has 0 atom stereocenters. The Morgan fingerprint density at radius 1 is 1.47 bits per heavy atom. The van der Waals surface area contributed by atoms with Crippen LogP contribution in [0.25, 0.3) is 0 Å². The fourth-order valence-corrected chi connectivity index (χ4v) is 3.65. The van der Waals surface area contributed by atoms with E-state index >= 15 is 0 Å². The second-order valence-electron chi connectivity index (χ2n) is 3.31. The first-order valence-electron chi connectivity index (χ1n) is 4.77. The van der Waals surface area contributed by atoms with Gasteiger partial charge in [0.25, 0.3) is 10.0 Å². The normalized spacial score (nSPS) is 11.0. The molecule has 0 bridgehead atoms. The minimum absolute atomic E-state index is 0.0696. The fourth-order valence-electron chi connectivity index (χ4n) is 1.28. The fraction of sp³-hybridized carbons (Fsp3) is 0. The summed E-state index contributed by atoms with van der Waals surface area (Å²) in [4.78, 5) is 3.61. The van der Waals surface area contributed by atoms with Crippen LogP contribution in [0.4, 0.5) is 10.1 Å². The number of sulfonamides is 1. The van der Waals surface area contributed by atoms with Crippen molar-refractivity contribution in [1.82, 2.24) is 4.98 Å². The number of nitrogens with one attached hydrogen (secondary N) is 1. The monoisotopic (exact) mass is 317 g/mol. The molecule has 0 spiro atoms. The van der Waals surface area contributed by atoms with Gasteiger partial charge in [0.2, 0.25) is 0 Å². The Hall–Kier alpha value is -1.69. The Morgan fingerprint density at radius 2 is 2.21 bits per heavy atom. The summed E-state index contributed by atoms with van der Waals surface area (Å²) < 4.78 is 39.3. The van der Waals surface area contributed by atoms with Crippen molar-refractivity contribution in [2.45, 2.75) is 4.21 Å². The van der Waals surface area contributed by atoms with Crippen LogP contribution >= 0.6 is 22.9 Å². The standard InChI is InChI=1S/C10H5ClFN3O2S2/c11-10-14-5-9(18-10)19(16,17)15-8-3-1-2-7(12)6(8)4-13/h1-3,5,15H. The molecule has 0 amide bonds. The van der Waals surface area contributed by atoms with Crippen molar-refractivity contribution >= 4 is 38.6 Å². The summed E-state index contributed by atoms with van der Waals surface area (Å²) in [5, 5.41) is 8.82. The van der Waals surface area contributed by atoms with E-state index in [0.29, 0.717) is 0 Å². The van der Waals surface area contributed by atoms with Gasteiger partial charge in [0.1, 0.15) is 17.4 Å². The van der Waals surface area contributed by atoms with Crippen LogP contribution in [-0.2, 0) is 10.0 Å². The van der Waals surface area contributed by atoms with Crippen molar-refractivity contribution in [3.8, 4) is 6.07 Å². The Kier molecular flexibility index (Phi) is 3.71. The summed E-state index contributed by atoms with van der Waals surface area (Å²) in [5.41, 5.74) is -0.506. The highest BCUT2D eigenvalue weighted by Gasteiger charge is 2.20. The lowest BCUT2D eigenvalue weighted by atomic mass is 10.2. The van der Waals surface area contributed by atoms with Crippen molar-refractivity contribution in [3.05, 3.63) is 40.2 Å². The third kappa shape index (κ3) is 2.84. The number of halogens is 2. The maximum atomic E-state index is 13.3. The molecule has 1 heterocycles. The highest BCUT2D eigenvalue weighted by Crippen LogP contribution is 2.26. The van der Waals surface area contributed by atoms with Crippen molar-refractivity contribution in [3.63, 3.8) is 0 Å². The Bertz CT molecular complexity index is 767. The van der Waals surface area contributed by atoms with Crippen LogP contribution in [-0.4, -0.2) is 13.4 Å². The molecule has 5 nitrogen and oxygen atoms in total. The SMILES string of the molecule is N#Cc1c(F)cccc1NS(=O)(=O)c1cnc(Cl)s1. The number of nitriles is 1. The topological polar surface area (TPSA) is 82.9 Å². The van der Waals surface area contributed by atoms with Gasteiger partial charge in [0, 0.05) is 0 Å². The first kappa shape index (κ1) is 13.7. The lowest BCUT2D eigenvalue weighted by Gasteiger charge is -2.07. The first-order chi connectivity index (χ1) is 8.94. The molecule has 19 heavy (non-hydrogen) atoms. The van der Waals surface area contributed by atoms with Crippen LogP contribution < -0.4 is 4.72 Å². The lowest BCUT2D eigenvalue weighted by molar-refractivity contribution is 0.602. The minimum atomic E-state index is -3.94. The quantitative estimate of drug-likeness (QED) is 0.943. The maximum absolute atomic E-state index is 13.3. The highest BCUT2D eigenvalue weighted by molar-refractivity contribution is 7.94. The molecule has 0 aliphatic carbocycles. The zero-order chi connectivity index (χ0) is 14.0. The summed E-state index contributed by atoms with van der Waals surface area (Å²) in [6, 6.07) is 5.27. The highest BCUT2D eigenvalue weighted by atomic mass is 35.5. The lowest BCUT2D eigenvalue weighted by Crippen LogP contribution is -2.13. The molecule has 0 aliphatic heterocycles. The molecule has 98 valence electrons. The van der Waals surface area contributed by atoms with Gasteiger partial charge in [0.15, 0.2) is 8.68 Å². The third-order valence-electron chi connectivity index (χ3n) is 2.09.